The molecule has 0 atom stereocenters. The van der Waals surface area contributed by atoms with E-state index in [2.05, 4.69) is 0 Å². The van der Waals surface area contributed by atoms with E-state index < -0.39 is 39.3 Å². The number of aryl methyl sites for hydroxylation is 2. The molecular formula is C34H32FNO9S3. The Morgan fingerprint density at radius 2 is 1.25 bits per heavy atom. The summed E-state index contributed by atoms with van der Waals surface area (Å²) < 4.78 is 32.5. The second kappa shape index (κ2) is 13.1. The van der Waals surface area contributed by atoms with Gasteiger partial charge in [0, 0.05) is 16.0 Å². The van der Waals surface area contributed by atoms with Crippen molar-refractivity contribution in [3.8, 4) is 0 Å². The number of esters is 4. The quantitative estimate of drug-likeness (QED) is 0.273. The Bertz CT molecular complexity index is 1850. The fourth-order valence-electron chi connectivity index (χ4n) is 5.87. The second-order valence-corrected chi connectivity index (χ2v) is 15.2. The predicted octanol–water partition coefficient (Wildman–Crippen LogP) is 5.60. The summed E-state index contributed by atoms with van der Waals surface area (Å²) in [4.78, 5) is 69.9. The van der Waals surface area contributed by atoms with Gasteiger partial charge in [0.1, 0.15) is 24.6 Å². The summed E-state index contributed by atoms with van der Waals surface area (Å²) in [5.41, 5.74) is 2.53. The Morgan fingerprint density at radius 3 is 1.77 bits per heavy atom. The van der Waals surface area contributed by atoms with Crippen LogP contribution >= 0.6 is 35.3 Å². The number of rotatable bonds is 6. The molecule has 2 aromatic rings. The van der Waals surface area contributed by atoms with Crippen LogP contribution < -0.4 is 4.90 Å². The van der Waals surface area contributed by atoms with Gasteiger partial charge in [-0.3, -0.25) is 4.79 Å². The lowest BCUT2D eigenvalue weighted by Crippen LogP contribution is -2.54. The zero-order valence-electron chi connectivity index (χ0n) is 27.4. The van der Waals surface area contributed by atoms with Gasteiger partial charge in [-0.2, -0.15) is 0 Å². The normalized spacial score (nSPS) is 17.6. The van der Waals surface area contributed by atoms with Gasteiger partial charge in [0.15, 0.2) is 0 Å². The first-order valence-corrected chi connectivity index (χ1v) is 16.9. The smallest absolute Gasteiger partial charge is 0.345 e. The van der Waals surface area contributed by atoms with Gasteiger partial charge in [-0.25, -0.2) is 23.6 Å². The molecule has 0 unspecified atom stereocenters. The monoisotopic (exact) mass is 713 g/mol. The molecule has 3 heterocycles. The number of carbonyl (C=O) groups is 5. The third-order valence-electron chi connectivity index (χ3n) is 8.27. The molecule has 0 bridgehead atoms. The molecule has 1 amide bonds. The lowest BCUT2D eigenvalue weighted by Gasteiger charge is -2.51. The lowest BCUT2D eigenvalue weighted by molar-refractivity contribution is -0.138. The summed E-state index contributed by atoms with van der Waals surface area (Å²) in [6.07, 6.45) is -0.0639. The van der Waals surface area contributed by atoms with Gasteiger partial charge in [-0.05, 0) is 68.7 Å². The molecule has 3 aliphatic heterocycles. The molecule has 0 aliphatic carbocycles. The van der Waals surface area contributed by atoms with Crippen LogP contribution in [0.25, 0.3) is 5.57 Å². The van der Waals surface area contributed by atoms with Gasteiger partial charge in [-0.15, -0.1) is 0 Å². The topological polar surface area (TPSA) is 126 Å². The number of hydrogen-bond donors (Lipinski definition) is 0. The van der Waals surface area contributed by atoms with Crippen LogP contribution in [0.1, 0.15) is 36.1 Å². The average molecular weight is 714 g/mol. The standard InChI is InChI=1S/C34H32FNO9S3/c1-16-13-20-21(14-17(16)2)36(22(37)15-18-9-11-19(35)12-10-18)33(3,4)28-23(20)34(24(29(38)42-5)25(46-28)30(39)43-6)47-26(31(40)44-7)27(48-34)32(41)45-8/h9-14H,15H2,1-8H3. The largest absolute Gasteiger partial charge is 0.466 e. The molecule has 252 valence electrons. The fraction of sp³-hybridized carbons (Fsp3) is 0.324. The highest BCUT2D eigenvalue weighted by Gasteiger charge is 2.61. The van der Waals surface area contributed by atoms with Gasteiger partial charge >= 0.3 is 23.9 Å². The van der Waals surface area contributed by atoms with Crippen LogP contribution in [0.5, 0.6) is 0 Å². The molecule has 5 rings (SSSR count). The summed E-state index contributed by atoms with van der Waals surface area (Å²) in [6, 6.07) is 9.40. The summed E-state index contributed by atoms with van der Waals surface area (Å²) in [6.45, 7) is 7.41. The van der Waals surface area contributed by atoms with Crippen LogP contribution in [-0.2, 0) is 49.3 Å². The van der Waals surface area contributed by atoms with Crippen molar-refractivity contribution in [3.05, 3.63) is 89.7 Å². The Labute approximate surface area is 289 Å². The van der Waals surface area contributed by atoms with Crippen molar-refractivity contribution in [1.29, 1.82) is 0 Å². The maximum absolute atomic E-state index is 14.3. The summed E-state index contributed by atoms with van der Waals surface area (Å²) >= 11 is 2.70. The third kappa shape index (κ3) is 5.63. The predicted molar refractivity (Wildman–Crippen MR) is 182 cm³/mol. The minimum Gasteiger partial charge on any atom is -0.466 e. The fourth-order valence-corrected chi connectivity index (χ4v) is 10.9. The minimum absolute atomic E-state index is 0.0639. The molecule has 0 saturated heterocycles. The van der Waals surface area contributed by atoms with Crippen LogP contribution in [-0.4, -0.2) is 67.8 Å². The van der Waals surface area contributed by atoms with Gasteiger partial charge in [0.25, 0.3) is 0 Å². The number of fused-ring (bicyclic) bond motifs is 3. The molecule has 0 aromatic heterocycles. The van der Waals surface area contributed by atoms with Crippen molar-refractivity contribution < 1.29 is 47.3 Å². The number of benzene rings is 2. The van der Waals surface area contributed by atoms with E-state index in [0.29, 0.717) is 27.3 Å². The highest BCUT2D eigenvalue weighted by molar-refractivity contribution is 8.26. The van der Waals surface area contributed by atoms with Crippen LogP contribution in [0.3, 0.4) is 0 Å². The molecule has 0 radical (unpaired) electrons. The molecule has 1 spiro atoms. The second-order valence-electron chi connectivity index (χ2n) is 11.5. The number of amides is 1. The van der Waals surface area contributed by atoms with Gasteiger partial charge in [0.2, 0.25) is 5.91 Å². The Morgan fingerprint density at radius 1 is 0.750 bits per heavy atom. The first kappa shape index (κ1) is 35.3. The average Bonchev–Trinajstić information content (AvgIpc) is 3.45. The first-order chi connectivity index (χ1) is 22.7. The first-order valence-electron chi connectivity index (χ1n) is 14.5. The highest BCUT2D eigenvalue weighted by Crippen LogP contribution is 2.71. The van der Waals surface area contributed by atoms with E-state index >= 15 is 0 Å². The maximum Gasteiger partial charge on any atom is 0.345 e. The third-order valence-corrected chi connectivity index (χ3v) is 12.9. The molecule has 0 saturated carbocycles. The molecule has 10 nitrogen and oxygen atoms in total. The van der Waals surface area contributed by atoms with Gasteiger partial charge in [-0.1, -0.05) is 47.4 Å². The van der Waals surface area contributed by atoms with Gasteiger partial charge < -0.3 is 23.8 Å². The van der Waals surface area contributed by atoms with Crippen molar-refractivity contribution in [3.63, 3.8) is 0 Å². The number of anilines is 1. The number of hydrogen-bond acceptors (Lipinski definition) is 12. The molecule has 48 heavy (non-hydrogen) atoms. The number of halogens is 1. The van der Waals surface area contributed by atoms with Crippen LogP contribution in [0, 0.1) is 19.7 Å². The SMILES string of the molecule is COC(=O)C1=C(C(=O)OC)SC2(S1)C(C(=O)OC)=C(C(=O)OC)SC1=C2c2cc(C)c(C)cc2N(C(=O)Cc2ccc(F)cc2)C1(C)C. The van der Waals surface area contributed by atoms with E-state index in [1.54, 1.807) is 17.0 Å². The summed E-state index contributed by atoms with van der Waals surface area (Å²) in [5.74, 6) is -4.18. The van der Waals surface area contributed by atoms with E-state index in [1.165, 1.54) is 19.2 Å². The molecule has 3 aliphatic rings. The Hall–Kier alpha value is -4.01. The lowest BCUT2D eigenvalue weighted by atomic mass is 9.82. The number of ether oxygens (including phenoxy) is 4. The summed E-state index contributed by atoms with van der Waals surface area (Å²) in [7, 11) is 4.65. The van der Waals surface area contributed by atoms with Crippen molar-refractivity contribution in [2.45, 2.75) is 43.7 Å². The molecule has 0 fully saturated rings. The van der Waals surface area contributed by atoms with E-state index in [-0.39, 0.29) is 32.6 Å². The van der Waals surface area contributed by atoms with E-state index in [0.717, 1.165) is 67.7 Å². The van der Waals surface area contributed by atoms with Gasteiger partial charge in [0.05, 0.1) is 51.7 Å². The van der Waals surface area contributed by atoms with Crippen molar-refractivity contribution in [2.75, 3.05) is 33.3 Å². The highest BCUT2D eigenvalue weighted by atomic mass is 32.2. The van der Waals surface area contributed by atoms with E-state index in [1.807, 2.05) is 39.8 Å². The Kier molecular flexibility index (Phi) is 9.65. The molecule has 2 aromatic carbocycles. The number of carbonyl (C=O) groups excluding carboxylic acids is 5. The summed E-state index contributed by atoms with van der Waals surface area (Å²) in [5, 5.41) is 0. The van der Waals surface area contributed by atoms with Crippen LogP contribution in [0.4, 0.5) is 10.1 Å². The van der Waals surface area contributed by atoms with Crippen LogP contribution in [0.2, 0.25) is 0 Å². The number of nitrogens with zero attached hydrogens (tertiary/aromatic N) is 1. The van der Waals surface area contributed by atoms with Crippen LogP contribution in [0.15, 0.2) is 61.6 Å². The maximum atomic E-state index is 14.3. The molecule has 0 N–H and O–H groups in total. The van der Waals surface area contributed by atoms with Crippen molar-refractivity contribution >= 4 is 76.3 Å². The van der Waals surface area contributed by atoms with Crippen molar-refractivity contribution in [2.24, 2.45) is 0 Å². The molecule has 14 heteroatoms. The number of thioether (sulfide) groups is 3. The zero-order valence-corrected chi connectivity index (χ0v) is 29.8. The van der Waals surface area contributed by atoms with Crippen molar-refractivity contribution in [1.82, 2.24) is 0 Å². The molecular weight excluding hydrogens is 682 g/mol. The minimum atomic E-state index is -1.68. The van der Waals surface area contributed by atoms with E-state index in [9.17, 15) is 28.4 Å². The zero-order chi connectivity index (χ0) is 35.3. The Balaban J connectivity index is 1.86. The number of methoxy groups -OCH3 is 4. The van der Waals surface area contributed by atoms with E-state index in [4.69, 9.17) is 18.9 Å².